The van der Waals surface area contributed by atoms with E-state index >= 15 is 0 Å². The molecule has 1 saturated heterocycles. The number of carbonyl (C=O) groups excluding carboxylic acids is 1. The van der Waals surface area contributed by atoms with E-state index in [0.717, 1.165) is 31.5 Å². The fourth-order valence-corrected chi connectivity index (χ4v) is 2.93. The summed E-state index contributed by atoms with van der Waals surface area (Å²) in [5.41, 5.74) is 0. The third kappa shape index (κ3) is 3.17. The number of aromatic nitrogens is 2. The van der Waals surface area contributed by atoms with Crippen molar-refractivity contribution in [2.24, 2.45) is 0 Å². The average Bonchev–Trinajstić information content (AvgIpc) is 3.17. The third-order valence-corrected chi connectivity index (χ3v) is 4.09. The Morgan fingerprint density at radius 2 is 2.05 bits per heavy atom. The first kappa shape index (κ1) is 13.5. The summed E-state index contributed by atoms with van der Waals surface area (Å²) >= 11 is 0. The van der Waals surface area contributed by atoms with Crippen molar-refractivity contribution in [3.8, 4) is 0 Å². The summed E-state index contributed by atoms with van der Waals surface area (Å²) in [6.45, 7) is 0.961. The number of rotatable bonds is 4. The van der Waals surface area contributed by atoms with Gasteiger partial charge in [0.2, 0.25) is 11.8 Å². The number of nitrogens with zero attached hydrogens (tertiary/aromatic N) is 2. The molecular weight excluding hydrogens is 258 g/mol. The summed E-state index contributed by atoms with van der Waals surface area (Å²) in [7, 11) is 0. The molecular formula is C14H21N3O3. The molecule has 0 bridgehead atoms. The molecule has 3 rings (SSSR count). The fraction of sp³-hybridized carbons (Fsp3) is 0.786. The standard InChI is InChI=1S/C14H21N3O3/c18-14(11-7-4-8-19-11)15-9-12-16-13(17-20-12)10-5-2-1-3-6-10/h10-11H,1-9H2,(H,15,18)/t11-/m1/s1. The van der Waals surface area contributed by atoms with Crippen LogP contribution < -0.4 is 5.32 Å². The second-order valence-corrected chi connectivity index (χ2v) is 5.60. The van der Waals surface area contributed by atoms with Gasteiger partial charge in [-0.25, -0.2) is 0 Å². The van der Waals surface area contributed by atoms with E-state index in [2.05, 4.69) is 15.5 Å². The molecule has 1 saturated carbocycles. The van der Waals surface area contributed by atoms with Gasteiger partial charge in [0.15, 0.2) is 5.82 Å². The zero-order valence-corrected chi connectivity index (χ0v) is 11.6. The van der Waals surface area contributed by atoms with Crippen LogP contribution in [-0.2, 0) is 16.1 Å². The van der Waals surface area contributed by atoms with Crippen molar-refractivity contribution in [1.82, 2.24) is 15.5 Å². The van der Waals surface area contributed by atoms with Crippen LogP contribution in [0.25, 0.3) is 0 Å². The van der Waals surface area contributed by atoms with Crippen molar-refractivity contribution in [2.75, 3.05) is 6.61 Å². The van der Waals surface area contributed by atoms with Crippen LogP contribution in [0.4, 0.5) is 0 Å². The summed E-state index contributed by atoms with van der Waals surface area (Å²) < 4.78 is 10.5. The van der Waals surface area contributed by atoms with Crippen LogP contribution in [0.2, 0.25) is 0 Å². The van der Waals surface area contributed by atoms with Crippen molar-refractivity contribution in [3.05, 3.63) is 11.7 Å². The van der Waals surface area contributed by atoms with Crippen molar-refractivity contribution >= 4 is 5.91 Å². The molecule has 6 heteroatoms. The predicted molar refractivity (Wildman–Crippen MR) is 70.9 cm³/mol. The smallest absolute Gasteiger partial charge is 0.249 e. The second kappa shape index (κ2) is 6.35. The molecule has 1 aromatic rings. The molecule has 1 N–H and O–H groups in total. The Morgan fingerprint density at radius 3 is 2.80 bits per heavy atom. The largest absolute Gasteiger partial charge is 0.368 e. The van der Waals surface area contributed by atoms with E-state index in [0.29, 0.717) is 25.0 Å². The Kier molecular flexibility index (Phi) is 4.30. The zero-order chi connectivity index (χ0) is 13.8. The van der Waals surface area contributed by atoms with E-state index in [-0.39, 0.29) is 12.0 Å². The summed E-state index contributed by atoms with van der Waals surface area (Å²) in [4.78, 5) is 16.2. The van der Waals surface area contributed by atoms with Crippen LogP contribution in [0.5, 0.6) is 0 Å². The lowest BCUT2D eigenvalue weighted by Gasteiger charge is -2.17. The lowest BCUT2D eigenvalue weighted by molar-refractivity contribution is -0.130. The van der Waals surface area contributed by atoms with Crippen LogP contribution in [0.15, 0.2) is 4.52 Å². The molecule has 0 unspecified atom stereocenters. The van der Waals surface area contributed by atoms with Crippen LogP contribution in [-0.4, -0.2) is 28.8 Å². The molecule has 2 aliphatic rings. The molecule has 1 aliphatic heterocycles. The summed E-state index contributed by atoms with van der Waals surface area (Å²) in [5, 5.41) is 6.84. The van der Waals surface area contributed by atoms with Gasteiger partial charge in [-0.1, -0.05) is 24.4 Å². The minimum absolute atomic E-state index is 0.0834. The first-order chi connectivity index (χ1) is 9.83. The van der Waals surface area contributed by atoms with E-state index in [4.69, 9.17) is 9.26 Å². The van der Waals surface area contributed by atoms with Gasteiger partial charge in [0.1, 0.15) is 6.10 Å². The van der Waals surface area contributed by atoms with Gasteiger partial charge in [0.05, 0.1) is 6.54 Å². The molecule has 1 amide bonds. The van der Waals surface area contributed by atoms with Gasteiger partial charge in [-0.05, 0) is 25.7 Å². The maximum absolute atomic E-state index is 11.8. The SMILES string of the molecule is O=C(NCc1nc(C2CCCCC2)no1)[C@H]1CCCO1. The van der Waals surface area contributed by atoms with Crippen LogP contribution in [0.1, 0.15) is 62.6 Å². The average molecular weight is 279 g/mol. The highest BCUT2D eigenvalue weighted by atomic mass is 16.5. The van der Waals surface area contributed by atoms with Gasteiger partial charge in [-0.3, -0.25) is 4.79 Å². The first-order valence-corrected chi connectivity index (χ1v) is 7.55. The predicted octanol–water partition coefficient (Wildman–Crippen LogP) is 1.91. The third-order valence-electron chi connectivity index (χ3n) is 4.09. The van der Waals surface area contributed by atoms with Gasteiger partial charge in [-0.2, -0.15) is 4.98 Å². The van der Waals surface area contributed by atoms with E-state index in [1.165, 1.54) is 19.3 Å². The Balaban J connectivity index is 1.50. The maximum Gasteiger partial charge on any atom is 0.249 e. The topological polar surface area (TPSA) is 77.3 Å². The minimum Gasteiger partial charge on any atom is -0.368 e. The second-order valence-electron chi connectivity index (χ2n) is 5.60. The Labute approximate surface area is 118 Å². The number of nitrogens with one attached hydrogen (secondary N) is 1. The van der Waals surface area contributed by atoms with E-state index < -0.39 is 0 Å². The Bertz CT molecular complexity index is 448. The van der Waals surface area contributed by atoms with E-state index in [1.807, 2.05) is 0 Å². The highest BCUT2D eigenvalue weighted by molar-refractivity contribution is 5.80. The highest BCUT2D eigenvalue weighted by Gasteiger charge is 2.24. The molecule has 2 fully saturated rings. The zero-order valence-electron chi connectivity index (χ0n) is 11.6. The van der Waals surface area contributed by atoms with Gasteiger partial charge < -0.3 is 14.6 Å². The molecule has 110 valence electrons. The number of ether oxygens (including phenoxy) is 1. The van der Waals surface area contributed by atoms with Crippen molar-refractivity contribution < 1.29 is 14.1 Å². The lowest BCUT2D eigenvalue weighted by atomic mass is 9.89. The summed E-state index contributed by atoms with van der Waals surface area (Å²) in [6, 6.07) is 0. The number of hydrogen-bond acceptors (Lipinski definition) is 5. The quantitative estimate of drug-likeness (QED) is 0.911. The lowest BCUT2D eigenvalue weighted by Crippen LogP contribution is -2.33. The van der Waals surface area contributed by atoms with E-state index in [9.17, 15) is 4.79 Å². The fourth-order valence-electron chi connectivity index (χ4n) is 2.93. The molecule has 0 spiro atoms. The number of carbonyl (C=O) groups is 1. The molecule has 1 aliphatic carbocycles. The number of amides is 1. The molecule has 20 heavy (non-hydrogen) atoms. The van der Waals surface area contributed by atoms with Crippen LogP contribution >= 0.6 is 0 Å². The van der Waals surface area contributed by atoms with Crippen molar-refractivity contribution in [3.63, 3.8) is 0 Å². The number of hydrogen-bond donors (Lipinski definition) is 1. The highest BCUT2D eigenvalue weighted by Crippen LogP contribution is 2.30. The van der Waals surface area contributed by atoms with Crippen molar-refractivity contribution in [1.29, 1.82) is 0 Å². The normalized spacial score (nSPS) is 23.9. The van der Waals surface area contributed by atoms with Gasteiger partial charge in [-0.15, -0.1) is 0 Å². The molecule has 0 aromatic carbocycles. The van der Waals surface area contributed by atoms with Gasteiger partial charge in [0, 0.05) is 12.5 Å². The Hall–Kier alpha value is -1.43. The molecule has 1 atom stereocenters. The summed E-state index contributed by atoms with van der Waals surface area (Å²) in [6.07, 6.45) is 7.50. The van der Waals surface area contributed by atoms with Crippen LogP contribution in [0, 0.1) is 0 Å². The van der Waals surface area contributed by atoms with Gasteiger partial charge in [0.25, 0.3) is 0 Å². The Morgan fingerprint density at radius 1 is 1.20 bits per heavy atom. The molecule has 1 aromatic heterocycles. The minimum atomic E-state index is -0.310. The molecule has 0 radical (unpaired) electrons. The summed E-state index contributed by atoms with van der Waals surface area (Å²) in [5.74, 6) is 1.62. The molecule has 6 nitrogen and oxygen atoms in total. The first-order valence-electron chi connectivity index (χ1n) is 7.55. The molecule has 2 heterocycles. The van der Waals surface area contributed by atoms with Crippen LogP contribution in [0.3, 0.4) is 0 Å². The monoisotopic (exact) mass is 279 g/mol. The van der Waals surface area contributed by atoms with E-state index in [1.54, 1.807) is 0 Å². The van der Waals surface area contributed by atoms with Crippen molar-refractivity contribution in [2.45, 2.75) is 63.5 Å². The van der Waals surface area contributed by atoms with Gasteiger partial charge >= 0.3 is 0 Å². The maximum atomic E-state index is 11.8.